The maximum atomic E-state index is 13.5. The van der Waals surface area contributed by atoms with Crippen LogP contribution in [0.25, 0.3) is 0 Å². The normalized spacial score (nSPS) is 15.2. The van der Waals surface area contributed by atoms with Crippen LogP contribution in [0.2, 0.25) is 5.02 Å². The molecule has 160 valence electrons. The highest BCUT2D eigenvalue weighted by molar-refractivity contribution is 6.32. The highest BCUT2D eigenvalue weighted by atomic mass is 35.5. The SMILES string of the molecule is COc1cc(NC(=O)C2=C(C)Nc3nnnn3[C@@H]2c2ccc(C)cc2)c(OC)cc1Cl. The molecule has 0 fully saturated rings. The predicted octanol–water partition coefficient (Wildman–Crippen LogP) is 3.58. The summed E-state index contributed by atoms with van der Waals surface area (Å²) in [5, 5.41) is 18.3. The van der Waals surface area contributed by atoms with Gasteiger partial charge in [0.1, 0.15) is 17.5 Å². The average Bonchev–Trinajstić information content (AvgIpc) is 3.22. The molecule has 10 heteroatoms. The molecule has 0 saturated carbocycles. The third-order valence-corrected chi connectivity index (χ3v) is 5.37. The third kappa shape index (κ3) is 3.79. The molecule has 31 heavy (non-hydrogen) atoms. The fourth-order valence-electron chi connectivity index (χ4n) is 3.51. The number of aryl methyl sites for hydroxylation is 1. The number of nitrogens with one attached hydrogen (secondary N) is 2. The Balaban J connectivity index is 1.76. The zero-order valence-electron chi connectivity index (χ0n) is 17.4. The Bertz CT molecular complexity index is 1170. The number of hydrogen-bond donors (Lipinski definition) is 2. The van der Waals surface area contributed by atoms with Crippen LogP contribution in [0.1, 0.15) is 24.1 Å². The van der Waals surface area contributed by atoms with Crippen LogP contribution in [0.15, 0.2) is 47.7 Å². The Hall–Kier alpha value is -3.59. The van der Waals surface area contributed by atoms with E-state index in [0.29, 0.717) is 39.4 Å². The topological polar surface area (TPSA) is 103 Å². The summed E-state index contributed by atoms with van der Waals surface area (Å²) in [6.07, 6.45) is 0. The van der Waals surface area contributed by atoms with Crippen LogP contribution in [0.5, 0.6) is 11.5 Å². The molecule has 2 heterocycles. The quantitative estimate of drug-likeness (QED) is 0.625. The van der Waals surface area contributed by atoms with Gasteiger partial charge in [0.15, 0.2) is 0 Å². The number of rotatable bonds is 5. The van der Waals surface area contributed by atoms with E-state index in [1.54, 1.807) is 16.8 Å². The first-order valence-corrected chi connectivity index (χ1v) is 9.85. The van der Waals surface area contributed by atoms with Gasteiger partial charge < -0.3 is 20.1 Å². The van der Waals surface area contributed by atoms with Crippen molar-refractivity contribution in [3.05, 3.63) is 63.8 Å². The number of ether oxygens (including phenoxy) is 2. The van der Waals surface area contributed by atoms with Crippen molar-refractivity contribution in [3.8, 4) is 11.5 Å². The number of tetrazole rings is 1. The molecule has 1 atom stereocenters. The lowest BCUT2D eigenvalue weighted by molar-refractivity contribution is -0.113. The molecule has 2 N–H and O–H groups in total. The van der Waals surface area contributed by atoms with E-state index in [4.69, 9.17) is 21.1 Å². The molecule has 1 amide bonds. The van der Waals surface area contributed by atoms with Crippen LogP contribution in [0, 0.1) is 6.92 Å². The van der Waals surface area contributed by atoms with E-state index in [2.05, 4.69) is 26.2 Å². The van der Waals surface area contributed by atoms with Gasteiger partial charge in [0.05, 0.1) is 30.5 Å². The number of aromatic nitrogens is 4. The number of fused-ring (bicyclic) bond motifs is 1. The first kappa shape index (κ1) is 20.7. The van der Waals surface area contributed by atoms with Crippen LogP contribution >= 0.6 is 11.6 Å². The lowest BCUT2D eigenvalue weighted by Crippen LogP contribution is -2.31. The monoisotopic (exact) mass is 440 g/mol. The number of halogens is 1. The summed E-state index contributed by atoms with van der Waals surface area (Å²) in [6.45, 7) is 3.82. The van der Waals surface area contributed by atoms with Crippen molar-refractivity contribution in [2.45, 2.75) is 19.9 Å². The Morgan fingerprint density at radius 2 is 1.84 bits per heavy atom. The van der Waals surface area contributed by atoms with E-state index < -0.39 is 6.04 Å². The molecule has 0 bridgehead atoms. The minimum absolute atomic E-state index is 0.334. The smallest absolute Gasteiger partial charge is 0.255 e. The fraction of sp³-hybridized carbons (Fsp3) is 0.238. The summed E-state index contributed by atoms with van der Waals surface area (Å²) in [6, 6.07) is 10.6. The summed E-state index contributed by atoms with van der Waals surface area (Å²) in [5.74, 6) is 0.962. The summed E-state index contributed by atoms with van der Waals surface area (Å²) >= 11 is 6.19. The van der Waals surface area contributed by atoms with Crippen molar-refractivity contribution in [1.82, 2.24) is 20.2 Å². The number of hydrogen-bond acceptors (Lipinski definition) is 7. The van der Waals surface area contributed by atoms with Gasteiger partial charge in [-0.05, 0) is 29.8 Å². The maximum Gasteiger partial charge on any atom is 0.255 e. The second-order valence-electron chi connectivity index (χ2n) is 7.07. The van der Waals surface area contributed by atoms with Crippen LogP contribution in [0.4, 0.5) is 11.6 Å². The van der Waals surface area contributed by atoms with E-state index in [0.717, 1.165) is 11.1 Å². The van der Waals surface area contributed by atoms with Crippen LogP contribution in [-0.2, 0) is 4.79 Å². The predicted molar refractivity (Wildman–Crippen MR) is 117 cm³/mol. The molecular formula is C21H21ClN6O3. The van der Waals surface area contributed by atoms with Crippen molar-refractivity contribution < 1.29 is 14.3 Å². The lowest BCUT2D eigenvalue weighted by atomic mass is 9.94. The van der Waals surface area contributed by atoms with Gasteiger partial charge in [-0.1, -0.05) is 46.5 Å². The van der Waals surface area contributed by atoms with Gasteiger partial charge in [0, 0.05) is 17.8 Å². The van der Waals surface area contributed by atoms with E-state index in [1.165, 1.54) is 14.2 Å². The van der Waals surface area contributed by atoms with E-state index in [1.807, 2.05) is 38.1 Å². The average molecular weight is 441 g/mol. The summed E-state index contributed by atoms with van der Waals surface area (Å²) in [4.78, 5) is 13.5. The molecular weight excluding hydrogens is 420 g/mol. The number of amides is 1. The molecule has 1 aromatic heterocycles. The number of carbonyl (C=O) groups excluding carboxylic acids is 1. The summed E-state index contributed by atoms with van der Waals surface area (Å²) in [5.41, 5.74) is 3.54. The van der Waals surface area contributed by atoms with Crippen LogP contribution in [-0.4, -0.2) is 40.3 Å². The van der Waals surface area contributed by atoms with Crippen LogP contribution < -0.4 is 20.1 Å². The molecule has 0 aliphatic carbocycles. The van der Waals surface area contributed by atoms with Crippen LogP contribution in [0.3, 0.4) is 0 Å². The van der Waals surface area contributed by atoms with Gasteiger partial charge in [0.25, 0.3) is 5.91 Å². The number of methoxy groups -OCH3 is 2. The highest BCUT2D eigenvalue weighted by Gasteiger charge is 2.34. The molecule has 1 aliphatic heterocycles. The van der Waals surface area contributed by atoms with Gasteiger partial charge >= 0.3 is 0 Å². The zero-order valence-corrected chi connectivity index (χ0v) is 18.2. The second kappa shape index (κ2) is 8.27. The molecule has 3 aromatic rings. The Morgan fingerprint density at radius 3 is 2.52 bits per heavy atom. The first-order chi connectivity index (χ1) is 14.9. The van der Waals surface area contributed by atoms with E-state index in [-0.39, 0.29) is 5.91 Å². The molecule has 9 nitrogen and oxygen atoms in total. The van der Waals surface area contributed by atoms with Crippen molar-refractivity contribution in [2.75, 3.05) is 24.9 Å². The maximum absolute atomic E-state index is 13.5. The number of anilines is 2. The number of benzene rings is 2. The van der Waals surface area contributed by atoms with Crippen molar-refractivity contribution >= 4 is 29.1 Å². The highest BCUT2D eigenvalue weighted by Crippen LogP contribution is 2.38. The summed E-state index contributed by atoms with van der Waals surface area (Å²) < 4.78 is 12.3. The van der Waals surface area contributed by atoms with Gasteiger partial charge in [-0.2, -0.15) is 4.68 Å². The van der Waals surface area contributed by atoms with Crippen molar-refractivity contribution in [3.63, 3.8) is 0 Å². The Kier molecular flexibility index (Phi) is 5.51. The molecule has 0 unspecified atom stereocenters. The second-order valence-corrected chi connectivity index (χ2v) is 7.47. The van der Waals surface area contributed by atoms with E-state index >= 15 is 0 Å². The summed E-state index contributed by atoms with van der Waals surface area (Å²) in [7, 11) is 3.01. The molecule has 0 spiro atoms. The third-order valence-electron chi connectivity index (χ3n) is 5.07. The molecule has 1 aliphatic rings. The Morgan fingerprint density at radius 1 is 1.13 bits per heavy atom. The van der Waals surface area contributed by atoms with Gasteiger partial charge in [-0.15, -0.1) is 0 Å². The Labute approximate surface area is 184 Å². The standard InChI is InChI=1S/C21H21ClN6O3/c1-11-5-7-13(8-6-11)19-18(12(2)23-21-25-26-27-28(19)21)20(29)24-15-10-16(30-3)14(22)9-17(15)31-4/h5-10,19H,1-4H3,(H,24,29)(H,23,25,27)/t19-/m1/s1. The van der Waals surface area contributed by atoms with Crippen molar-refractivity contribution in [1.29, 1.82) is 0 Å². The molecule has 0 saturated heterocycles. The minimum Gasteiger partial charge on any atom is -0.495 e. The lowest BCUT2D eigenvalue weighted by Gasteiger charge is -2.28. The van der Waals surface area contributed by atoms with Crippen molar-refractivity contribution in [2.24, 2.45) is 0 Å². The minimum atomic E-state index is -0.507. The molecule has 2 aromatic carbocycles. The zero-order chi connectivity index (χ0) is 22.1. The van der Waals surface area contributed by atoms with Gasteiger partial charge in [-0.25, -0.2) is 0 Å². The van der Waals surface area contributed by atoms with E-state index in [9.17, 15) is 4.79 Å². The largest absolute Gasteiger partial charge is 0.495 e. The first-order valence-electron chi connectivity index (χ1n) is 9.48. The molecule has 4 rings (SSSR count). The number of carbonyl (C=O) groups is 1. The number of allylic oxidation sites excluding steroid dienone is 1. The van der Waals surface area contributed by atoms with Gasteiger partial charge in [-0.3, -0.25) is 4.79 Å². The van der Waals surface area contributed by atoms with Gasteiger partial charge in [0.2, 0.25) is 5.95 Å². The fourth-order valence-corrected chi connectivity index (χ4v) is 3.74. The number of nitrogens with zero attached hydrogens (tertiary/aromatic N) is 4. The molecule has 0 radical (unpaired) electrons.